The number of hydrogen-bond donors (Lipinski definition) is 1. The van der Waals surface area contributed by atoms with Crippen molar-refractivity contribution in [2.45, 2.75) is 0 Å². The first-order valence-corrected chi connectivity index (χ1v) is 4.02. The van der Waals surface area contributed by atoms with Crippen LogP contribution in [0.1, 0.15) is 10.4 Å². The zero-order valence-corrected chi connectivity index (χ0v) is 7.28. The highest BCUT2D eigenvalue weighted by Gasteiger charge is 2.22. The SMILES string of the molecule is CON1CNc2ccccc2C1=O. The molecular weight excluding hydrogens is 168 g/mol. The number of fused-ring (bicyclic) bond motifs is 1. The van der Waals surface area contributed by atoms with E-state index in [0.29, 0.717) is 12.2 Å². The van der Waals surface area contributed by atoms with Gasteiger partial charge >= 0.3 is 0 Å². The molecule has 1 aliphatic rings. The fourth-order valence-electron chi connectivity index (χ4n) is 1.33. The fraction of sp³-hybridized carbons (Fsp3) is 0.222. The molecule has 1 N–H and O–H groups in total. The van der Waals surface area contributed by atoms with Crippen molar-refractivity contribution in [2.75, 3.05) is 19.1 Å². The summed E-state index contributed by atoms with van der Waals surface area (Å²) < 4.78 is 0. The van der Waals surface area contributed by atoms with Crippen LogP contribution in [0.3, 0.4) is 0 Å². The van der Waals surface area contributed by atoms with E-state index in [0.717, 1.165) is 5.69 Å². The monoisotopic (exact) mass is 178 g/mol. The molecule has 1 aliphatic heterocycles. The van der Waals surface area contributed by atoms with Crippen LogP contribution in [0.2, 0.25) is 0 Å². The van der Waals surface area contributed by atoms with Crippen molar-refractivity contribution >= 4 is 11.6 Å². The summed E-state index contributed by atoms with van der Waals surface area (Å²) >= 11 is 0. The summed E-state index contributed by atoms with van der Waals surface area (Å²) in [6.45, 7) is 0.395. The van der Waals surface area contributed by atoms with Crippen molar-refractivity contribution in [2.24, 2.45) is 0 Å². The van der Waals surface area contributed by atoms with Crippen molar-refractivity contribution in [1.82, 2.24) is 5.06 Å². The molecule has 0 fully saturated rings. The number of carbonyl (C=O) groups is 1. The van der Waals surface area contributed by atoms with Gasteiger partial charge in [0.05, 0.1) is 12.7 Å². The highest BCUT2D eigenvalue weighted by Crippen LogP contribution is 2.20. The molecule has 0 bridgehead atoms. The molecule has 13 heavy (non-hydrogen) atoms. The number of anilines is 1. The third-order valence-electron chi connectivity index (χ3n) is 2.02. The van der Waals surface area contributed by atoms with Gasteiger partial charge in [0.15, 0.2) is 0 Å². The van der Waals surface area contributed by atoms with E-state index >= 15 is 0 Å². The lowest BCUT2D eigenvalue weighted by Gasteiger charge is -2.26. The minimum Gasteiger partial charge on any atom is -0.365 e. The van der Waals surface area contributed by atoms with Crippen molar-refractivity contribution in [1.29, 1.82) is 0 Å². The average Bonchev–Trinajstić information content (AvgIpc) is 2.19. The van der Waals surface area contributed by atoms with Crippen LogP contribution < -0.4 is 5.32 Å². The molecule has 0 atom stereocenters. The molecule has 1 aromatic carbocycles. The molecule has 1 heterocycles. The number of hydrogen-bond acceptors (Lipinski definition) is 3. The normalized spacial score (nSPS) is 15.2. The molecule has 1 amide bonds. The lowest BCUT2D eigenvalue weighted by Crippen LogP contribution is -2.38. The Morgan fingerprint density at radius 1 is 1.46 bits per heavy atom. The second-order valence-electron chi connectivity index (χ2n) is 2.75. The molecule has 4 heteroatoms. The zero-order chi connectivity index (χ0) is 9.26. The van der Waals surface area contributed by atoms with Crippen LogP contribution in [-0.4, -0.2) is 24.7 Å². The van der Waals surface area contributed by atoms with E-state index in [1.807, 2.05) is 18.2 Å². The smallest absolute Gasteiger partial charge is 0.281 e. The summed E-state index contributed by atoms with van der Waals surface area (Å²) in [5.41, 5.74) is 1.51. The second kappa shape index (κ2) is 3.06. The van der Waals surface area contributed by atoms with Crippen LogP contribution in [0.15, 0.2) is 24.3 Å². The summed E-state index contributed by atoms with van der Waals surface area (Å²) in [4.78, 5) is 16.5. The number of hydroxylamine groups is 2. The molecule has 0 aromatic heterocycles. The third-order valence-corrected chi connectivity index (χ3v) is 2.02. The molecule has 0 saturated heterocycles. The summed E-state index contributed by atoms with van der Waals surface area (Å²) in [7, 11) is 1.48. The first kappa shape index (κ1) is 8.07. The van der Waals surface area contributed by atoms with Gasteiger partial charge in [0.2, 0.25) is 0 Å². The van der Waals surface area contributed by atoms with Gasteiger partial charge in [-0.3, -0.25) is 9.63 Å². The number of benzene rings is 1. The Bertz CT molecular complexity index is 338. The van der Waals surface area contributed by atoms with E-state index in [1.54, 1.807) is 6.07 Å². The quantitative estimate of drug-likeness (QED) is 0.699. The summed E-state index contributed by atoms with van der Waals surface area (Å²) in [6.07, 6.45) is 0. The topological polar surface area (TPSA) is 41.6 Å². The van der Waals surface area contributed by atoms with Gasteiger partial charge in [-0.05, 0) is 12.1 Å². The van der Waals surface area contributed by atoms with Crippen molar-refractivity contribution in [3.8, 4) is 0 Å². The number of carbonyl (C=O) groups excluding carboxylic acids is 1. The van der Waals surface area contributed by atoms with Gasteiger partial charge < -0.3 is 5.32 Å². The number of amides is 1. The standard InChI is InChI=1S/C9H10N2O2/c1-13-11-6-10-8-5-3-2-4-7(8)9(11)12/h2-5,10H,6H2,1H3. The molecule has 0 unspecified atom stereocenters. The average molecular weight is 178 g/mol. The van der Waals surface area contributed by atoms with Gasteiger partial charge in [-0.25, -0.2) is 0 Å². The highest BCUT2D eigenvalue weighted by atomic mass is 16.7. The predicted octanol–water partition coefficient (Wildman–Crippen LogP) is 1.07. The van der Waals surface area contributed by atoms with Gasteiger partial charge in [0.25, 0.3) is 5.91 Å². The third kappa shape index (κ3) is 1.25. The molecule has 0 aliphatic carbocycles. The first-order valence-electron chi connectivity index (χ1n) is 4.02. The number of nitrogens with one attached hydrogen (secondary N) is 1. The van der Waals surface area contributed by atoms with E-state index in [2.05, 4.69) is 5.32 Å². The zero-order valence-electron chi connectivity index (χ0n) is 7.28. The fourth-order valence-corrected chi connectivity index (χ4v) is 1.33. The van der Waals surface area contributed by atoms with Gasteiger partial charge in [-0.1, -0.05) is 12.1 Å². The van der Waals surface area contributed by atoms with Gasteiger partial charge in [0.1, 0.15) is 6.67 Å². The van der Waals surface area contributed by atoms with E-state index in [-0.39, 0.29) is 5.91 Å². The van der Waals surface area contributed by atoms with Gasteiger partial charge in [-0.15, -0.1) is 0 Å². The largest absolute Gasteiger partial charge is 0.365 e. The summed E-state index contributed by atoms with van der Waals surface area (Å²) in [6, 6.07) is 7.37. The number of para-hydroxylation sites is 1. The van der Waals surface area contributed by atoms with Crippen LogP contribution in [0.4, 0.5) is 5.69 Å². The summed E-state index contributed by atoms with van der Waals surface area (Å²) in [5, 5.41) is 4.35. The van der Waals surface area contributed by atoms with Crippen LogP contribution >= 0.6 is 0 Å². The molecule has 2 rings (SSSR count). The van der Waals surface area contributed by atoms with E-state index in [1.165, 1.54) is 12.2 Å². The maximum Gasteiger partial charge on any atom is 0.281 e. The molecule has 4 nitrogen and oxygen atoms in total. The van der Waals surface area contributed by atoms with Gasteiger partial charge in [-0.2, -0.15) is 5.06 Å². The maximum absolute atomic E-state index is 11.6. The molecule has 68 valence electrons. The molecule has 1 aromatic rings. The molecular formula is C9H10N2O2. The van der Waals surface area contributed by atoms with E-state index < -0.39 is 0 Å². The van der Waals surface area contributed by atoms with Crippen molar-refractivity contribution < 1.29 is 9.63 Å². The molecule has 0 spiro atoms. The lowest BCUT2D eigenvalue weighted by atomic mass is 10.1. The predicted molar refractivity (Wildman–Crippen MR) is 48.1 cm³/mol. The highest BCUT2D eigenvalue weighted by molar-refractivity contribution is 6.00. The van der Waals surface area contributed by atoms with Crippen LogP contribution in [0.25, 0.3) is 0 Å². The number of rotatable bonds is 1. The second-order valence-corrected chi connectivity index (χ2v) is 2.75. The number of nitrogens with zero attached hydrogens (tertiary/aromatic N) is 1. The van der Waals surface area contributed by atoms with E-state index in [4.69, 9.17) is 4.84 Å². The van der Waals surface area contributed by atoms with E-state index in [9.17, 15) is 4.79 Å². The maximum atomic E-state index is 11.6. The Morgan fingerprint density at radius 3 is 3.00 bits per heavy atom. The minimum absolute atomic E-state index is 0.100. The molecule has 0 radical (unpaired) electrons. The summed E-state index contributed by atoms with van der Waals surface area (Å²) in [5.74, 6) is -0.100. The van der Waals surface area contributed by atoms with Crippen LogP contribution in [-0.2, 0) is 4.84 Å². The first-order chi connectivity index (χ1) is 6.33. The van der Waals surface area contributed by atoms with Crippen LogP contribution in [0.5, 0.6) is 0 Å². The van der Waals surface area contributed by atoms with Crippen LogP contribution in [0, 0.1) is 0 Å². The van der Waals surface area contributed by atoms with Crippen molar-refractivity contribution in [3.63, 3.8) is 0 Å². The minimum atomic E-state index is -0.100. The molecule has 0 saturated carbocycles. The Hall–Kier alpha value is -1.55. The van der Waals surface area contributed by atoms with Gasteiger partial charge in [0, 0.05) is 5.69 Å². The lowest BCUT2D eigenvalue weighted by molar-refractivity contribution is -0.0916. The Morgan fingerprint density at radius 2 is 2.23 bits per heavy atom. The van der Waals surface area contributed by atoms with Crippen molar-refractivity contribution in [3.05, 3.63) is 29.8 Å². The Kier molecular flexibility index (Phi) is 1.90. The Labute approximate surface area is 76.1 Å². The Balaban J connectivity index is 2.39.